The number of anilines is 1. The van der Waals surface area contributed by atoms with Crippen molar-refractivity contribution < 1.29 is 9.18 Å². The molecular weight excluding hydrogens is 485 g/mol. The second-order valence-electron chi connectivity index (χ2n) is 9.06. The van der Waals surface area contributed by atoms with E-state index < -0.39 is 0 Å². The summed E-state index contributed by atoms with van der Waals surface area (Å²) in [5.41, 5.74) is 5.38. The van der Waals surface area contributed by atoms with Gasteiger partial charge >= 0.3 is 0 Å². The zero-order valence-electron chi connectivity index (χ0n) is 20.5. The molecule has 0 fully saturated rings. The lowest BCUT2D eigenvalue weighted by Crippen LogP contribution is -2.27. The Hall–Kier alpha value is -5.03. The summed E-state index contributed by atoms with van der Waals surface area (Å²) in [5.74, 6) is -0.00255. The molecule has 38 heavy (non-hydrogen) atoms. The largest absolute Gasteiger partial charge is 0.336 e. The highest BCUT2D eigenvalue weighted by Crippen LogP contribution is 2.32. The quantitative estimate of drug-likeness (QED) is 0.307. The number of hydrogen-bond acceptors (Lipinski definition) is 7. The maximum Gasteiger partial charge on any atom is 0.238 e. The van der Waals surface area contributed by atoms with Gasteiger partial charge in [0.15, 0.2) is 11.5 Å². The summed E-state index contributed by atoms with van der Waals surface area (Å²) in [6.07, 6.45) is 6.64. The first-order chi connectivity index (χ1) is 18.5. The second kappa shape index (κ2) is 9.45. The molecule has 6 aromatic rings. The molecule has 11 heteroatoms. The normalized spacial score (nSPS) is 11.5. The molecule has 5 aromatic heterocycles. The van der Waals surface area contributed by atoms with Gasteiger partial charge in [0, 0.05) is 35.3 Å². The van der Waals surface area contributed by atoms with Gasteiger partial charge in [0.05, 0.1) is 29.3 Å². The molecule has 188 valence electrons. The van der Waals surface area contributed by atoms with Gasteiger partial charge in [-0.1, -0.05) is 12.1 Å². The van der Waals surface area contributed by atoms with Crippen molar-refractivity contribution in [3.63, 3.8) is 0 Å². The molecule has 0 radical (unpaired) electrons. The van der Waals surface area contributed by atoms with Crippen LogP contribution in [0, 0.1) is 5.82 Å². The van der Waals surface area contributed by atoms with Crippen LogP contribution in [0.25, 0.3) is 56.0 Å². The summed E-state index contributed by atoms with van der Waals surface area (Å²) in [6, 6.07) is 12.0. The minimum atomic E-state index is -0.371. The van der Waals surface area contributed by atoms with E-state index in [0.717, 1.165) is 16.5 Å². The Morgan fingerprint density at radius 2 is 1.87 bits per heavy atom. The fourth-order valence-electron chi connectivity index (χ4n) is 4.29. The van der Waals surface area contributed by atoms with Crippen LogP contribution in [0.4, 0.5) is 10.1 Å². The molecule has 0 aliphatic carbocycles. The number of aromatic amines is 2. The number of rotatable bonds is 6. The van der Waals surface area contributed by atoms with Crippen LogP contribution in [0.1, 0.15) is 0 Å². The standard InChI is InChI=1S/C27H22FN9O/c1-37(2)14-22(38)32-17-9-15(11-29-13-17)16-10-19-24(35-36-26(19)31-12-16)27-33-21-7-8-30-23(25(21)34-27)18-5-3-4-6-20(18)28/h3-13H,14H2,1-2H3,(H,32,38)(H,33,34)(H,31,35,36). The van der Waals surface area contributed by atoms with Crippen LogP contribution < -0.4 is 5.32 Å². The SMILES string of the molecule is CN(C)CC(=O)Nc1cncc(-c2cnc3[nH]nc(-c4nc5c(-c6ccccc6F)nccc5[nH]4)c3c2)c1. The smallest absolute Gasteiger partial charge is 0.238 e. The molecular formula is C27H22FN9O. The Morgan fingerprint density at radius 1 is 1.03 bits per heavy atom. The molecule has 0 bridgehead atoms. The van der Waals surface area contributed by atoms with Crippen molar-refractivity contribution in [2.75, 3.05) is 26.0 Å². The summed E-state index contributed by atoms with van der Waals surface area (Å²) in [4.78, 5) is 35.2. The first-order valence-corrected chi connectivity index (χ1v) is 11.8. The number of H-pyrrole nitrogens is 2. The molecule has 0 saturated heterocycles. The number of benzene rings is 1. The number of carbonyl (C=O) groups is 1. The van der Waals surface area contributed by atoms with E-state index in [1.54, 1.807) is 54.0 Å². The van der Waals surface area contributed by atoms with E-state index >= 15 is 0 Å². The lowest BCUT2D eigenvalue weighted by Gasteiger charge is -2.10. The Bertz CT molecular complexity index is 1810. The third kappa shape index (κ3) is 4.35. The van der Waals surface area contributed by atoms with E-state index in [2.05, 4.69) is 35.5 Å². The van der Waals surface area contributed by atoms with Gasteiger partial charge in [-0.15, -0.1) is 0 Å². The molecule has 0 spiro atoms. The number of nitrogens with zero attached hydrogens (tertiary/aromatic N) is 6. The molecule has 3 N–H and O–H groups in total. The number of nitrogens with one attached hydrogen (secondary N) is 3. The molecule has 0 unspecified atom stereocenters. The third-order valence-corrected chi connectivity index (χ3v) is 5.99. The van der Waals surface area contributed by atoms with Crippen LogP contribution in [0.2, 0.25) is 0 Å². The topological polar surface area (TPSA) is 128 Å². The fraction of sp³-hybridized carbons (Fsp3) is 0.111. The van der Waals surface area contributed by atoms with E-state index in [9.17, 15) is 9.18 Å². The summed E-state index contributed by atoms with van der Waals surface area (Å²) < 4.78 is 14.5. The van der Waals surface area contributed by atoms with Crippen LogP contribution in [0.5, 0.6) is 0 Å². The number of carbonyl (C=O) groups excluding carboxylic acids is 1. The highest BCUT2D eigenvalue weighted by molar-refractivity contribution is 5.97. The van der Waals surface area contributed by atoms with Crippen molar-refractivity contribution >= 4 is 33.7 Å². The van der Waals surface area contributed by atoms with Gasteiger partial charge in [0.1, 0.15) is 22.7 Å². The predicted molar refractivity (Wildman–Crippen MR) is 143 cm³/mol. The van der Waals surface area contributed by atoms with Gasteiger partial charge in [-0.05, 0) is 44.4 Å². The number of imidazole rings is 1. The number of pyridine rings is 3. The minimum absolute atomic E-state index is 0.131. The molecule has 0 aliphatic heterocycles. The predicted octanol–water partition coefficient (Wildman–Crippen LogP) is 4.26. The van der Waals surface area contributed by atoms with Crippen molar-refractivity contribution in [3.8, 4) is 33.9 Å². The summed E-state index contributed by atoms with van der Waals surface area (Å²) in [5, 5.41) is 11.0. The fourth-order valence-corrected chi connectivity index (χ4v) is 4.29. The molecule has 6 rings (SSSR count). The number of likely N-dealkylation sites (N-methyl/N-ethyl adjacent to an activating group) is 1. The molecule has 0 atom stereocenters. The molecule has 0 aliphatic rings. The molecule has 1 aromatic carbocycles. The Balaban J connectivity index is 1.39. The number of aromatic nitrogens is 7. The summed E-state index contributed by atoms with van der Waals surface area (Å²) in [6.45, 7) is 0.266. The summed E-state index contributed by atoms with van der Waals surface area (Å²) >= 11 is 0. The van der Waals surface area contributed by atoms with Crippen molar-refractivity contribution in [3.05, 3.63) is 73.1 Å². The minimum Gasteiger partial charge on any atom is -0.336 e. The van der Waals surface area contributed by atoms with E-state index in [0.29, 0.717) is 45.1 Å². The van der Waals surface area contributed by atoms with Crippen LogP contribution in [-0.4, -0.2) is 66.6 Å². The zero-order chi connectivity index (χ0) is 26.2. The molecule has 5 heterocycles. The van der Waals surface area contributed by atoms with E-state index in [-0.39, 0.29) is 18.3 Å². The van der Waals surface area contributed by atoms with Gasteiger partial charge in [-0.2, -0.15) is 5.10 Å². The van der Waals surface area contributed by atoms with Crippen molar-refractivity contribution in [2.45, 2.75) is 0 Å². The van der Waals surface area contributed by atoms with Gasteiger partial charge in [-0.25, -0.2) is 14.4 Å². The van der Waals surface area contributed by atoms with Crippen molar-refractivity contribution in [2.24, 2.45) is 0 Å². The molecule has 1 amide bonds. The first-order valence-electron chi connectivity index (χ1n) is 11.8. The average Bonchev–Trinajstić information content (AvgIpc) is 3.52. The van der Waals surface area contributed by atoms with Crippen LogP contribution in [0.15, 0.2) is 67.3 Å². The van der Waals surface area contributed by atoms with Crippen LogP contribution in [-0.2, 0) is 4.79 Å². The number of hydrogen-bond donors (Lipinski definition) is 3. The van der Waals surface area contributed by atoms with Crippen LogP contribution in [0.3, 0.4) is 0 Å². The lowest BCUT2D eigenvalue weighted by atomic mass is 10.1. The van der Waals surface area contributed by atoms with Crippen LogP contribution >= 0.6 is 0 Å². The maximum absolute atomic E-state index is 14.5. The van der Waals surface area contributed by atoms with Gasteiger partial charge < -0.3 is 15.2 Å². The lowest BCUT2D eigenvalue weighted by molar-refractivity contribution is -0.116. The zero-order valence-corrected chi connectivity index (χ0v) is 20.5. The van der Waals surface area contributed by atoms with Gasteiger partial charge in [-0.3, -0.25) is 19.9 Å². The Kier molecular flexibility index (Phi) is 5.81. The van der Waals surface area contributed by atoms with E-state index in [4.69, 9.17) is 4.98 Å². The summed E-state index contributed by atoms with van der Waals surface area (Å²) in [7, 11) is 3.66. The number of halogens is 1. The Morgan fingerprint density at radius 3 is 2.71 bits per heavy atom. The second-order valence-corrected chi connectivity index (χ2v) is 9.06. The molecule has 10 nitrogen and oxygen atoms in total. The monoisotopic (exact) mass is 507 g/mol. The van der Waals surface area contributed by atoms with Crippen molar-refractivity contribution in [1.29, 1.82) is 0 Å². The van der Waals surface area contributed by atoms with Gasteiger partial charge in [0.2, 0.25) is 5.91 Å². The third-order valence-electron chi connectivity index (χ3n) is 5.99. The van der Waals surface area contributed by atoms with E-state index in [1.807, 2.05) is 26.2 Å². The Labute approximate surface area is 216 Å². The number of amides is 1. The highest BCUT2D eigenvalue weighted by atomic mass is 19.1. The highest BCUT2D eigenvalue weighted by Gasteiger charge is 2.18. The van der Waals surface area contributed by atoms with Crippen molar-refractivity contribution in [1.82, 2.24) is 40.0 Å². The maximum atomic E-state index is 14.5. The first kappa shape index (κ1) is 23.4. The average molecular weight is 508 g/mol. The molecule has 0 saturated carbocycles. The van der Waals surface area contributed by atoms with E-state index in [1.165, 1.54) is 6.07 Å². The number of fused-ring (bicyclic) bond motifs is 2. The van der Waals surface area contributed by atoms with Gasteiger partial charge in [0.25, 0.3) is 0 Å².